The standard InChI is InChI=1S/C22H35N7O2.HI/c1-7-24-19(26-14-22(5,6)28-20(30)31-21(2,3)4)25-12-17-9-8-10-18(11-17)13-29-16-23-15-27-29;/h8-11,15-16H,7,12-14H2,1-6H3,(H,28,30)(H2,24,25,26);1H. The molecular weight excluding hydrogens is 521 g/mol. The van der Waals surface area contributed by atoms with Crippen LogP contribution in [0.15, 0.2) is 41.9 Å². The zero-order chi connectivity index (χ0) is 22.9. The number of aliphatic imine (C=N–C) groups is 1. The summed E-state index contributed by atoms with van der Waals surface area (Å²) in [5.74, 6) is 0.684. The number of aromatic nitrogens is 3. The van der Waals surface area contributed by atoms with Crippen molar-refractivity contribution in [2.24, 2.45) is 4.99 Å². The second-order valence-corrected chi connectivity index (χ2v) is 8.97. The van der Waals surface area contributed by atoms with Crippen LogP contribution >= 0.6 is 24.0 Å². The summed E-state index contributed by atoms with van der Waals surface area (Å²) in [4.78, 5) is 20.7. The van der Waals surface area contributed by atoms with E-state index in [9.17, 15) is 4.79 Å². The Hall–Kier alpha value is -2.37. The minimum atomic E-state index is -0.535. The van der Waals surface area contributed by atoms with E-state index in [0.717, 1.165) is 17.7 Å². The number of halogens is 1. The first-order chi connectivity index (χ1) is 14.6. The van der Waals surface area contributed by atoms with E-state index in [1.165, 1.54) is 6.33 Å². The van der Waals surface area contributed by atoms with Gasteiger partial charge in [-0.05, 0) is 52.7 Å². The maximum absolute atomic E-state index is 12.1. The highest BCUT2D eigenvalue weighted by molar-refractivity contribution is 14.0. The van der Waals surface area contributed by atoms with E-state index in [-0.39, 0.29) is 24.0 Å². The molecule has 3 N–H and O–H groups in total. The Balaban J connectivity index is 0.00000512. The van der Waals surface area contributed by atoms with Gasteiger partial charge in [-0.25, -0.2) is 19.5 Å². The van der Waals surface area contributed by atoms with Gasteiger partial charge < -0.3 is 20.7 Å². The monoisotopic (exact) mass is 557 g/mol. The van der Waals surface area contributed by atoms with E-state index in [1.54, 1.807) is 11.0 Å². The average Bonchev–Trinajstić information content (AvgIpc) is 3.15. The van der Waals surface area contributed by atoms with Gasteiger partial charge in [-0.1, -0.05) is 24.3 Å². The number of benzene rings is 1. The van der Waals surface area contributed by atoms with Gasteiger partial charge in [0.05, 0.1) is 18.6 Å². The summed E-state index contributed by atoms with van der Waals surface area (Å²) in [6.45, 7) is 13.8. The van der Waals surface area contributed by atoms with Gasteiger partial charge in [-0.2, -0.15) is 5.10 Å². The summed E-state index contributed by atoms with van der Waals surface area (Å²) in [6, 6.07) is 8.24. The van der Waals surface area contributed by atoms with Crippen LogP contribution in [-0.4, -0.2) is 51.0 Å². The average molecular weight is 557 g/mol. The summed E-state index contributed by atoms with van der Waals surface area (Å²) in [7, 11) is 0. The number of alkyl carbamates (subject to hydrolysis) is 1. The highest BCUT2D eigenvalue weighted by atomic mass is 127. The number of carbonyl (C=O) groups excluding carboxylic acids is 1. The van der Waals surface area contributed by atoms with Crippen LogP contribution in [0.1, 0.15) is 52.7 Å². The van der Waals surface area contributed by atoms with Crippen LogP contribution in [0.4, 0.5) is 4.79 Å². The predicted molar refractivity (Wildman–Crippen MR) is 137 cm³/mol. The molecule has 0 spiro atoms. The smallest absolute Gasteiger partial charge is 0.408 e. The van der Waals surface area contributed by atoms with Crippen molar-refractivity contribution in [1.82, 2.24) is 30.7 Å². The molecule has 2 rings (SSSR count). The molecule has 0 bridgehead atoms. The quantitative estimate of drug-likeness (QED) is 0.262. The lowest BCUT2D eigenvalue weighted by Crippen LogP contribution is -2.54. The molecule has 0 saturated heterocycles. The second-order valence-electron chi connectivity index (χ2n) is 8.97. The van der Waals surface area contributed by atoms with Crippen molar-refractivity contribution in [1.29, 1.82) is 0 Å². The number of hydrogen-bond donors (Lipinski definition) is 3. The molecule has 10 heteroatoms. The molecule has 1 aromatic carbocycles. The highest BCUT2D eigenvalue weighted by Gasteiger charge is 2.24. The van der Waals surface area contributed by atoms with E-state index in [0.29, 0.717) is 25.6 Å². The van der Waals surface area contributed by atoms with Gasteiger partial charge in [0.15, 0.2) is 5.96 Å². The molecule has 178 valence electrons. The number of ether oxygens (including phenoxy) is 1. The molecule has 0 atom stereocenters. The molecule has 1 heterocycles. The van der Waals surface area contributed by atoms with Gasteiger partial charge in [0.2, 0.25) is 0 Å². The first kappa shape index (κ1) is 27.7. The Morgan fingerprint density at radius 2 is 1.88 bits per heavy atom. The van der Waals surface area contributed by atoms with Crippen molar-refractivity contribution < 1.29 is 9.53 Å². The molecule has 1 amide bonds. The fourth-order valence-corrected chi connectivity index (χ4v) is 2.77. The third-order valence-electron chi connectivity index (χ3n) is 4.10. The van der Waals surface area contributed by atoms with E-state index < -0.39 is 17.2 Å². The summed E-state index contributed by atoms with van der Waals surface area (Å²) >= 11 is 0. The molecule has 0 radical (unpaired) electrons. The van der Waals surface area contributed by atoms with Gasteiger partial charge in [-0.15, -0.1) is 24.0 Å². The van der Waals surface area contributed by atoms with E-state index in [4.69, 9.17) is 4.74 Å². The molecule has 0 unspecified atom stereocenters. The first-order valence-electron chi connectivity index (χ1n) is 10.5. The normalized spacial score (nSPS) is 12.0. The Bertz CT molecular complexity index is 861. The van der Waals surface area contributed by atoms with Gasteiger partial charge >= 0.3 is 6.09 Å². The Morgan fingerprint density at radius 1 is 1.16 bits per heavy atom. The van der Waals surface area contributed by atoms with Gasteiger partial charge in [0.1, 0.15) is 18.3 Å². The molecule has 0 aliphatic heterocycles. The third kappa shape index (κ3) is 10.8. The molecule has 2 aromatic rings. The van der Waals surface area contributed by atoms with Crippen molar-refractivity contribution in [3.05, 3.63) is 48.0 Å². The lowest BCUT2D eigenvalue weighted by atomic mass is 10.1. The van der Waals surface area contributed by atoms with Gasteiger partial charge in [0.25, 0.3) is 0 Å². The Morgan fingerprint density at radius 3 is 2.50 bits per heavy atom. The van der Waals surface area contributed by atoms with Crippen LogP contribution in [0.3, 0.4) is 0 Å². The van der Waals surface area contributed by atoms with Crippen LogP contribution in [0.2, 0.25) is 0 Å². The summed E-state index contributed by atoms with van der Waals surface area (Å²) in [6.07, 6.45) is 2.79. The molecule has 0 saturated carbocycles. The minimum absolute atomic E-state index is 0. The zero-order valence-corrected chi connectivity index (χ0v) is 22.1. The first-order valence-corrected chi connectivity index (χ1v) is 10.5. The number of nitrogens with zero attached hydrogens (tertiary/aromatic N) is 4. The molecular formula is C22H36IN7O2. The number of nitrogens with one attached hydrogen (secondary N) is 3. The Labute approximate surface area is 207 Å². The molecule has 9 nitrogen and oxygen atoms in total. The summed E-state index contributed by atoms with van der Waals surface area (Å²) in [5, 5.41) is 13.6. The number of rotatable bonds is 8. The molecule has 0 aliphatic rings. The number of carbonyl (C=O) groups is 1. The number of hydrogen-bond acceptors (Lipinski definition) is 5. The van der Waals surface area contributed by atoms with Crippen LogP contribution < -0.4 is 16.0 Å². The largest absolute Gasteiger partial charge is 0.444 e. The zero-order valence-electron chi connectivity index (χ0n) is 19.8. The third-order valence-corrected chi connectivity index (χ3v) is 4.10. The summed E-state index contributed by atoms with van der Waals surface area (Å²) in [5.41, 5.74) is 1.18. The van der Waals surface area contributed by atoms with Crippen molar-refractivity contribution in [2.45, 2.75) is 65.8 Å². The van der Waals surface area contributed by atoms with E-state index >= 15 is 0 Å². The minimum Gasteiger partial charge on any atom is -0.444 e. The molecule has 0 aliphatic carbocycles. The maximum Gasteiger partial charge on any atom is 0.408 e. The van der Waals surface area contributed by atoms with Crippen molar-refractivity contribution in [2.75, 3.05) is 13.1 Å². The van der Waals surface area contributed by atoms with Crippen LogP contribution in [-0.2, 0) is 17.8 Å². The van der Waals surface area contributed by atoms with Gasteiger partial charge in [0, 0.05) is 13.1 Å². The van der Waals surface area contributed by atoms with E-state index in [2.05, 4.69) is 43.2 Å². The maximum atomic E-state index is 12.1. The summed E-state index contributed by atoms with van der Waals surface area (Å²) < 4.78 is 7.13. The van der Waals surface area contributed by atoms with Crippen LogP contribution in [0.25, 0.3) is 0 Å². The lowest BCUT2D eigenvalue weighted by Gasteiger charge is -2.29. The fraction of sp³-hybridized carbons (Fsp3) is 0.545. The lowest BCUT2D eigenvalue weighted by molar-refractivity contribution is 0.0474. The number of amides is 1. The second kappa shape index (κ2) is 12.6. The molecule has 1 aromatic heterocycles. The SMILES string of the molecule is CCNC(=NCc1cccc(Cn2cncn2)c1)NCC(C)(C)NC(=O)OC(C)(C)C.I. The van der Waals surface area contributed by atoms with Crippen molar-refractivity contribution in [3.63, 3.8) is 0 Å². The molecule has 32 heavy (non-hydrogen) atoms. The van der Waals surface area contributed by atoms with Crippen LogP contribution in [0, 0.1) is 0 Å². The highest BCUT2D eigenvalue weighted by Crippen LogP contribution is 2.10. The number of guanidine groups is 1. The molecule has 0 fully saturated rings. The Kier molecular flexibility index (Phi) is 10.9. The topological polar surface area (TPSA) is 105 Å². The van der Waals surface area contributed by atoms with Gasteiger partial charge in [-0.3, -0.25) is 0 Å². The van der Waals surface area contributed by atoms with Crippen LogP contribution in [0.5, 0.6) is 0 Å². The van der Waals surface area contributed by atoms with Crippen molar-refractivity contribution in [3.8, 4) is 0 Å². The fourth-order valence-electron chi connectivity index (χ4n) is 2.77. The predicted octanol–water partition coefficient (Wildman–Crippen LogP) is 3.30. The van der Waals surface area contributed by atoms with Crippen molar-refractivity contribution >= 4 is 36.0 Å². The van der Waals surface area contributed by atoms with E-state index in [1.807, 2.05) is 53.7 Å².